The molecule has 2 unspecified atom stereocenters. The SMILES string of the molecule is O=c1[nH][nH]c(=O)n1CC1CCCCC1O. The third-order valence-corrected chi connectivity index (χ3v) is 3.05. The number of aromatic amines is 2. The lowest BCUT2D eigenvalue weighted by molar-refractivity contribution is 0.0596. The molecule has 84 valence electrons. The lowest BCUT2D eigenvalue weighted by Crippen LogP contribution is -2.35. The van der Waals surface area contributed by atoms with E-state index in [0.717, 1.165) is 30.3 Å². The molecule has 15 heavy (non-hydrogen) atoms. The lowest BCUT2D eigenvalue weighted by Gasteiger charge is -2.26. The van der Waals surface area contributed by atoms with Crippen LogP contribution in [-0.2, 0) is 6.54 Å². The zero-order valence-corrected chi connectivity index (χ0v) is 8.40. The van der Waals surface area contributed by atoms with Gasteiger partial charge in [-0.25, -0.2) is 24.4 Å². The van der Waals surface area contributed by atoms with Crippen molar-refractivity contribution in [1.29, 1.82) is 0 Å². The fourth-order valence-electron chi connectivity index (χ4n) is 2.14. The standard InChI is InChI=1S/C9H15N3O3/c13-7-4-2-1-3-6(7)5-12-8(14)10-11-9(12)15/h6-7,13H,1-5H2,(H,10,14)(H,11,15). The van der Waals surface area contributed by atoms with E-state index >= 15 is 0 Å². The van der Waals surface area contributed by atoms with Crippen molar-refractivity contribution in [3.8, 4) is 0 Å². The van der Waals surface area contributed by atoms with Crippen LogP contribution < -0.4 is 11.4 Å². The average molecular weight is 213 g/mol. The Hall–Kier alpha value is -1.30. The molecule has 2 atom stereocenters. The minimum absolute atomic E-state index is 0.0216. The molecule has 1 aliphatic rings. The number of hydrogen-bond donors (Lipinski definition) is 3. The largest absolute Gasteiger partial charge is 0.393 e. The molecule has 1 fully saturated rings. The highest BCUT2D eigenvalue weighted by Crippen LogP contribution is 2.24. The number of aliphatic hydroxyl groups is 1. The number of nitrogens with zero attached hydrogens (tertiary/aromatic N) is 1. The van der Waals surface area contributed by atoms with E-state index in [1.54, 1.807) is 0 Å². The molecule has 6 nitrogen and oxygen atoms in total. The Kier molecular flexibility index (Phi) is 2.77. The third kappa shape index (κ3) is 2.04. The van der Waals surface area contributed by atoms with Crippen LogP contribution >= 0.6 is 0 Å². The van der Waals surface area contributed by atoms with Crippen molar-refractivity contribution in [2.24, 2.45) is 5.92 Å². The van der Waals surface area contributed by atoms with E-state index in [9.17, 15) is 14.7 Å². The van der Waals surface area contributed by atoms with Gasteiger partial charge in [0, 0.05) is 12.5 Å². The first-order chi connectivity index (χ1) is 7.18. The second kappa shape index (κ2) is 4.06. The molecule has 1 heterocycles. The summed E-state index contributed by atoms with van der Waals surface area (Å²) in [5.41, 5.74) is -0.865. The van der Waals surface area contributed by atoms with Gasteiger partial charge in [0.15, 0.2) is 0 Å². The lowest BCUT2D eigenvalue weighted by atomic mass is 9.86. The van der Waals surface area contributed by atoms with Crippen LogP contribution in [0.5, 0.6) is 0 Å². The molecule has 1 aromatic rings. The molecule has 3 N–H and O–H groups in total. The number of rotatable bonds is 2. The average Bonchev–Trinajstić information content (AvgIpc) is 2.53. The van der Waals surface area contributed by atoms with E-state index in [0.29, 0.717) is 6.54 Å². The number of H-pyrrole nitrogens is 2. The summed E-state index contributed by atoms with van der Waals surface area (Å²) in [6, 6.07) is 0. The summed E-state index contributed by atoms with van der Waals surface area (Å²) in [7, 11) is 0. The summed E-state index contributed by atoms with van der Waals surface area (Å²) >= 11 is 0. The number of aliphatic hydroxyl groups excluding tert-OH is 1. The highest BCUT2D eigenvalue weighted by Gasteiger charge is 2.24. The van der Waals surface area contributed by atoms with Gasteiger partial charge < -0.3 is 5.11 Å². The minimum Gasteiger partial charge on any atom is -0.393 e. The van der Waals surface area contributed by atoms with Gasteiger partial charge in [0.25, 0.3) is 0 Å². The van der Waals surface area contributed by atoms with E-state index in [2.05, 4.69) is 10.2 Å². The Morgan fingerprint density at radius 2 is 1.80 bits per heavy atom. The second-order valence-corrected chi connectivity index (χ2v) is 4.08. The van der Waals surface area contributed by atoms with Crippen molar-refractivity contribution in [1.82, 2.24) is 14.8 Å². The van der Waals surface area contributed by atoms with E-state index in [1.807, 2.05) is 0 Å². The molecule has 0 bridgehead atoms. The zero-order valence-electron chi connectivity index (χ0n) is 8.40. The van der Waals surface area contributed by atoms with Crippen molar-refractivity contribution in [2.45, 2.75) is 38.3 Å². The molecule has 0 amide bonds. The molecule has 1 saturated carbocycles. The smallest absolute Gasteiger partial charge is 0.344 e. The summed E-state index contributed by atoms with van der Waals surface area (Å²) in [5, 5.41) is 14.2. The first-order valence-corrected chi connectivity index (χ1v) is 5.24. The summed E-state index contributed by atoms with van der Waals surface area (Å²) in [5.74, 6) is 0.0216. The molecule has 0 saturated heterocycles. The molecule has 0 spiro atoms. The maximum atomic E-state index is 11.2. The van der Waals surface area contributed by atoms with Crippen LogP contribution in [0.25, 0.3) is 0 Å². The van der Waals surface area contributed by atoms with E-state index in [-0.39, 0.29) is 12.0 Å². The van der Waals surface area contributed by atoms with Gasteiger partial charge >= 0.3 is 11.4 Å². The summed E-state index contributed by atoms with van der Waals surface area (Å²) < 4.78 is 1.11. The first-order valence-electron chi connectivity index (χ1n) is 5.24. The highest BCUT2D eigenvalue weighted by atomic mass is 16.3. The summed E-state index contributed by atoms with van der Waals surface area (Å²) in [6.07, 6.45) is 3.33. The van der Waals surface area contributed by atoms with Gasteiger partial charge in [-0.3, -0.25) is 0 Å². The van der Waals surface area contributed by atoms with Crippen LogP contribution in [0.1, 0.15) is 25.7 Å². The molecule has 1 aromatic heterocycles. The fraction of sp³-hybridized carbons (Fsp3) is 0.778. The number of nitrogens with one attached hydrogen (secondary N) is 2. The molecule has 6 heteroatoms. The van der Waals surface area contributed by atoms with Gasteiger partial charge in [-0.05, 0) is 12.8 Å². The predicted octanol–water partition coefficient (Wildman–Crippen LogP) is -0.584. The Balaban J connectivity index is 2.14. The molecular weight excluding hydrogens is 198 g/mol. The van der Waals surface area contributed by atoms with Gasteiger partial charge in [-0.1, -0.05) is 12.8 Å². The Morgan fingerprint density at radius 3 is 2.40 bits per heavy atom. The van der Waals surface area contributed by atoms with Crippen molar-refractivity contribution in [3.05, 3.63) is 21.0 Å². The molecule has 2 rings (SSSR count). The topological polar surface area (TPSA) is 90.9 Å². The van der Waals surface area contributed by atoms with Gasteiger partial charge in [-0.2, -0.15) is 0 Å². The molecule has 0 aromatic carbocycles. The summed E-state index contributed by atoms with van der Waals surface area (Å²) in [6.45, 7) is 0.304. The van der Waals surface area contributed by atoms with Crippen molar-refractivity contribution in [2.75, 3.05) is 0 Å². The highest BCUT2D eigenvalue weighted by molar-refractivity contribution is 4.77. The van der Waals surface area contributed by atoms with Crippen LogP contribution in [-0.4, -0.2) is 26.0 Å². The van der Waals surface area contributed by atoms with Gasteiger partial charge in [0.2, 0.25) is 0 Å². The van der Waals surface area contributed by atoms with Crippen molar-refractivity contribution >= 4 is 0 Å². The monoisotopic (exact) mass is 213 g/mol. The first kappa shape index (κ1) is 10.2. The summed E-state index contributed by atoms with van der Waals surface area (Å²) in [4.78, 5) is 22.4. The van der Waals surface area contributed by atoms with E-state index in [4.69, 9.17) is 0 Å². The fourth-order valence-corrected chi connectivity index (χ4v) is 2.14. The van der Waals surface area contributed by atoms with E-state index in [1.165, 1.54) is 0 Å². The van der Waals surface area contributed by atoms with Crippen LogP contribution in [0, 0.1) is 5.92 Å². The Labute approximate surface area is 85.9 Å². The minimum atomic E-state index is -0.433. The maximum absolute atomic E-state index is 11.2. The molecule has 0 aliphatic heterocycles. The number of hydrogen-bond acceptors (Lipinski definition) is 3. The van der Waals surface area contributed by atoms with Gasteiger partial charge in [0.1, 0.15) is 0 Å². The van der Waals surface area contributed by atoms with Gasteiger partial charge in [0.05, 0.1) is 6.10 Å². The van der Waals surface area contributed by atoms with Crippen LogP contribution in [0.3, 0.4) is 0 Å². The Bertz CT molecular complexity index is 403. The van der Waals surface area contributed by atoms with E-state index < -0.39 is 11.4 Å². The van der Waals surface area contributed by atoms with Crippen LogP contribution in [0.2, 0.25) is 0 Å². The predicted molar refractivity (Wildman–Crippen MR) is 53.6 cm³/mol. The van der Waals surface area contributed by atoms with Gasteiger partial charge in [-0.15, -0.1) is 0 Å². The van der Waals surface area contributed by atoms with Crippen molar-refractivity contribution in [3.63, 3.8) is 0 Å². The quantitative estimate of drug-likeness (QED) is 0.613. The maximum Gasteiger partial charge on any atom is 0.344 e. The Morgan fingerprint density at radius 1 is 1.20 bits per heavy atom. The third-order valence-electron chi connectivity index (χ3n) is 3.05. The molecule has 0 radical (unpaired) electrons. The number of aromatic nitrogens is 3. The molecule has 1 aliphatic carbocycles. The van der Waals surface area contributed by atoms with Crippen LogP contribution in [0.15, 0.2) is 9.59 Å². The van der Waals surface area contributed by atoms with Crippen LogP contribution in [0.4, 0.5) is 0 Å². The normalized spacial score (nSPS) is 26.7. The van der Waals surface area contributed by atoms with Crippen molar-refractivity contribution < 1.29 is 5.11 Å². The second-order valence-electron chi connectivity index (χ2n) is 4.08. The molecular formula is C9H15N3O3. The zero-order chi connectivity index (χ0) is 10.8.